The highest BCUT2D eigenvalue weighted by Crippen LogP contribution is 2.34. The maximum atomic E-state index is 12.1. The third-order valence-electron chi connectivity index (χ3n) is 2.61. The molecule has 106 valence electrons. The molecule has 0 aliphatic heterocycles. The van der Waals surface area contributed by atoms with Crippen molar-refractivity contribution in [1.29, 1.82) is 0 Å². The van der Waals surface area contributed by atoms with Crippen LogP contribution in [-0.4, -0.2) is 38.4 Å². The van der Waals surface area contributed by atoms with Crippen molar-refractivity contribution in [3.8, 4) is 11.5 Å². The molecule has 0 fully saturated rings. The minimum Gasteiger partial charge on any atom is -0.493 e. The molecular formula is C13H18BrNO4. The molecule has 1 aromatic rings. The minimum absolute atomic E-state index is 0.00370. The van der Waals surface area contributed by atoms with E-state index in [9.17, 15) is 4.79 Å². The number of nitrogens with one attached hydrogen (secondary N) is 1. The lowest BCUT2D eigenvalue weighted by molar-refractivity contribution is 0.0938. The Morgan fingerprint density at radius 2 is 2.11 bits per heavy atom. The van der Waals surface area contributed by atoms with E-state index in [4.69, 9.17) is 14.6 Å². The van der Waals surface area contributed by atoms with Crippen LogP contribution in [0.3, 0.4) is 0 Å². The van der Waals surface area contributed by atoms with E-state index in [1.807, 2.05) is 6.92 Å². The zero-order chi connectivity index (χ0) is 14.4. The predicted octanol–water partition coefficient (Wildman–Crippen LogP) is 1.82. The third kappa shape index (κ3) is 4.11. The standard InChI is InChI=1S/C13H18BrNO4/c1-8(7-16)6-15-13(17)10-4-9(14)5-11(18-2)12(10)19-3/h4-5,8,16H,6-7H2,1-3H3,(H,15,17). The number of aliphatic hydroxyl groups is 1. The zero-order valence-electron chi connectivity index (χ0n) is 11.2. The highest BCUT2D eigenvalue weighted by molar-refractivity contribution is 9.10. The molecule has 2 N–H and O–H groups in total. The number of methoxy groups -OCH3 is 2. The summed E-state index contributed by atoms with van der Waals surface area (Å²) in [6.45, 7) is 2.27. The van der Waals surface area contributed by atoms with E-state index in [1.54, 1.807) is 12.1 Å². The van der Waals surface area contributed by atoms with Gasteiger partial charge in [-0.25, -0.2) is 0 Å². The van der Waals surface area contributed by atoms with Crippen molar-refractivity contribution in [3.63, 3.8) is 0 Å². The topological polar surface area (TPSA) is 67.8 Å². The van der Waals surface area contributed by atoms with Gasteiger partial charge in [0.05, 0.1) is 19.8 Å². The molecule has 0 aromatic heterocycles. The molecular weight excluding hydrogens is 314 g/mol. The summed E-state index contributed by atoms with van der Waals surface area (Å²) >= 11 is 3.32. The number of hydrogen-bond acceptors (Lipinski definition) is 4. The number of ether oxygens (including phenoxy) is 2. The van der Waals surface area contributed by atoms with Gasteiger partial charge >= 0.3 is 0 Å². The lowest BCUT2D eigenvalue weighted by atomic mass is 10.1. The second kappa shape index (κ2) is 7.35. The van der Waals surface area contributed by atoms with Gasteiger partial charge < -0.3 is 19.9 Å². The van der Waals surface area contributed by atoms with E-state index in [-0.39, 0.29) is 18.4 Å². The number of halogens is 1. The van der Waals surface area contributed by atoms with E-state index in [0.29, 0.717) is 23.6 Å². The monoisotopic (exact) mass is 331 g/mol. The van der Waals surface area contributed by atoms with Crippen molar-refractivity contribution in [2.24, 2.45) is 5.92 Å². The third-order valence-corrected chi connectivity index (χ3v) is 3.07. The highest BCUT2D eigenvalue weighted by atomic mass is 79.9. The van der Waals surface area contributed by atoms with Gasteiger partial charge in [0.15, 0.2) is 11.5 Å². The zero-order valence-corrected chi connectivity index (χ0v) is 12.8. The fourth-order valence-electron chi connectivity index (χ4n) is 1.53. The molecule has 0 aliphatic carbocycles. The number of hydrogen-bond donors (Lipinski definition) is 2. The van der Waals surface area contributed by atoms with Crippen LogP contribution in [0.25, 0.3) is 0 Å². The molecule has 0 heterocycles. The van der Waals surface area contributed by atoms with Crippen molar-refractivity contribution in [1.82, 2.24) is 5.32 Å². The summed E-state index contributed by atoms with van der Waals surface area (Å²) in [6, 6.07) is 3.40. The molecule has 1 amide bonds. The molecule has 0 saturated heterocycles. The van der Waals surface area contributed by atoms with Crippen LogP contribution >= 0.6 is 15.9 Å². The van der Waals surface area contributed by atoms with Crippen molar-refractivity contribution in [2.75, 3.05) is 27.4 Å². The number of benzene rings is 1. The van der Waals surface area contributed by atoms with Crippen LogP contribution < -0.4 is 14.8 Å². The first kappa shape index (κ1) is 15.8. The molecule has 1 atom stereocenters. The highest BCUT2D eigenvalue weighted by Gasteiger charge is 2.18. The van der Waals surface area contributed by atoms with Crippen LogP contribution in [0, 0.1) is 5.92 Å². The summed E-state index contributed by atoms with van der Waals surface area (Å²) in [5.74, 6) is 0.609. The number of aliphatic hydroxyl groups excluding tert-OH is 1. The summed E-state index contributed by atoms with van der Waals surface area (Å²) in [5.41, 5.74) is 0.388. The Labute approximate surface area is 121 Å². The molecule has 6 heteroatoms. The van der Waals surface area contributed by atoms with Crippen LogP contribution in [0.2, 0.25) is 0 Å². The largest absolute Gasteiger partial charge is 0.493 e. The van der Waals surface area contributed by atoms with Crippen LogP contribution in [0.1, 0.15) is 17.3 Å². The Kier molecular flexibility index (Phi) is 6.11. The number of carbonyl (C=O) groups is 1. The predicted molar refractivity (Wildman–Crippen MR) is 75.8 cm³/mol. The minimum atomic E-state index is -0.267. The van der Waals surface area contributed by atoms with Gasteiger partial charge in [-0.05, 0) is 18.1 Å². The first-order valence-electron chi connectivity index (χ1n) is 5.84. The second-order valence-corrected chi connectivity index (χ2v) is 5.10. The molecule has 0 saturated carbocycles. The van der Waals surface area contributed by atoms with Gasteiger partial charge in [0.1, 0.15) is 0 Å². The van der Waals surface area contributed by atoms with Gasteiger partial charge in [-0.15, -0.1) is 0 Å². The summed E-state index contributed by atoms with van der Waals surface area (Å²) < 4.78 is 11.1. The van der Waals surface area contributed by atoms with Gasteiger partial charge in [0, 0.05) is 17.6 Å². The van der Waals surface area contributed by atoms with Crippen LogP contribution in [0.5, 0.6) is 11.5 Å². The molecule has 5 nitrogen and oxygen atoms in total. The van der Waals surface area contributed by atoms with Crippen LogP contribution in [0.15, 0.2) is 16.6 Å². The molecule has 1 unspecified atom stereocenters. The Balaban J connectivity index is 2.98. The Morgan fingerprint density at radius 1 is 1.42 bits per heavy atom. The lowest BCUT2D eigenvalue weighted by Crippen LogP contribution is -2.29. The van der Waals surface area contributed by atoms with Crippen molar-refractivity contribution < 1.29 is 19.4 Å². The summed E-state index contributed by atoms with van der Waals surface area (Å²) in [7, 11) is 3.00. The van der Waals surface area contributed by atoms with E-state index in [1.165, 1.54) is 14.2 Å². The second-order valence-electron chi connectivity index (χ2n) is 4.19. The first-order valence-corrected chi connectivity index (χ1v) is 6.63. The lowest BCUT2D eigenvalue weighted by Gasteiger charge is -2.14. The van der Waals surface area contributed by atoms with Gasteiger partial charge in [-0.2, -0.15) is 0 Å². The van der Waals surface area contributed by atoms with Crippen molar-refractivity contribution in [3.05, 3.63) is 22.2 Å². The van der Waals surface area contributed by atoms with Gasteiger partial charge in [-0.3, -0.25) is 4.79 Å². The molecule has 0 radical (unpaired) electrons. The normalized spacial score (nSPS) is 11.8. The summed E-state index contributed by atoms with van der Waals surface area (Å²) in [5, 5.41) is 11.7. The Hall–Kier alpha value is -1.27. The number of amides is 1. The molecule has 0 bridgehead atoms. The Bertz CT molecular complexity index is 451. The smallest absolute Gasteiger partial charge is 0.255 e. The molecule has 1 aromatic carbocycles. The molecule has 19 heavy (non-hydrogen) atoms. The van der Waals surface area contributed by atoms with Gasteiger partial charge in [-0.1, -0.05) is 22.9 Å². The summed E-state index contributed by atoms with van der Waals surface area (Å²) in [4.78, 5) is 12.1. The van der Waals surface area contributed by atoms with E-state index < -0.39 is 0 Å². The average molecular weight is 332 g/mol. The number of carbonyl (C=O) groups excluding carboxylic acids is 1. The fraction of sp³-hybridized carbons (Fsp3) is 0.462. The van der Waals surface area contributed by atoms with Crippen molar-refractivity contribution in [2.45, 2.75) is 6.92 Å². The van der Waals surface area contributed by atoms with Crippen molar-refractivity contribution >= 4 is 21.8 Å². The van der Waals surface area contributed by atoms with E-state index >= 15 is 0 Å². The average Bonchev–Trinajstić information content (AvgIpc) is 2.42. The SMILES string of the molecule is COc1cc(Br)cc(C(=O)NCC(C)CO)c1OC. The van der Waals surface area contributed by atoms with E-state index in [2.05, 4.69) is 21.2 Å². The van der Waals surface area contributed by atoms with Gasteiger partial charge in [0.2, 0.25) is 0 Å². The Morgan fingerprint density at radius 3 is 2.63 bits per heavy atom. The first-order chi connectivity index (χ1) is 9.03. The fourth-order valence-corrected chi connectivity index (χ4v) is 1.96. The maximum absolute atomic E-state index is 12.1. The maximum Gasteiger partial charge on any atom is 0.255 e. The quantitative estimate of drug-likeness (QED) is 0.834. The van der Waals surface area contributed by atoms with Gasteiger partial charge in [0.25, 0.3) is 5.91 Å². The van der Waals surface area contributed by atoms with Crippen LogP contribution in [0.4, 0.5) is 0 Å². The van der Waals surface area contributed by atoms with Crippen LogP contribution in [-0.2, 0) is 0 Å². The molecule has 0 aliphatic rings. The molecule has 1 rings (SSSR count). The number of rotatable bonds is 6. The molecule has 0 spiro atoms. The summed E-state index contributed by atoms with van der Waals surface area (Å²) in [6.07, 6.45) is 0. The van der Waals surface area contributed by atoms with E-state index in [0.717, 1.165) is 4.47 Å².